The monoisotopic (exact) mass is 349 g/mol. The molecule has 1 aromatic carbocycles. The first-order chi connectivity index (χ1) is 11.6. The third-order valence-corrected chi connectivity index (χ3v) is 5.63. The lowest BCUT2D eigenvalue weighted by Gasteiger charge is -2.30. The van der Waals surface area contributed by atoms with Crippen LogP contribution in [0.2, 0.25) is 0 Å². The highest BCUT2D eigenvalue weighted by Crippen LogP contribution is 2.26. The molecule has 2 heterocycles. The number of rotatable bonds is 4. The van der Waals surface area contributed by atoms with E-state index >= 15 is 0 Å². The number of thioether (sulfide) groups is 1. The van der Waals surface area contributed by atoms with Gasteiger partial charge in [-0.1, -0.05) is 0 Å². The van der Waals surface area contributed by atoms with Gasteiger partial charge >= 0.3 is 6.03 Å². The molecule has 132 valence electrons. The van der Waals surface area contributed by atoms with Gasteiger partial charge in [0.25, 0.3) is 0 Å². The maximum atomic E-state index is 12.2. The lowest BCUT2D eigenvalue weighted by Crippen LogP contribution is -2.43. The van der Waals surface area contributed by atoms with Gasteiger partial charge in [0, 0.05) is 42.6 Å². The topological polar surface area (TPSA) is 53.6 Å². The number of aryl methyl sites for hydroxylation is 1. The second-order valence-electron chi connectivity index (χ2n) is 6.54. The Morgan fingerprint density at radius 1 is 1.38 bits per heavy atom. The highest BCUT2D eigenvalue weighted by Gasteiger charge is 2.23. The second-order valence-corrected chi connectivity index (χ2v) is 7.76. The number of amides is 2. The number of hydrogen-bond donors (Lipinski definition) is 2. The molecule has 2 aliphatic heterocycles. The number of hydrogen-bond acceptors (Lipinski definition) is 4. The summed E-state index contributed by atoms with van der Waals surface area (Å²) in [7, 11) is 0. The fraction of sp³-hybridized carbons (Fsp3) is 0.611. The van der Waals surface area contributed by atoms with Crippen molar-refractivity contribution in [1.82, 2.24) is 5.32 Å². The van der Waals surface area contributed by atoms with Gasteiger partial charge in [0.05, 0.1) is 12.1 Å². The molecule has 2 N–H and O–H groups in total. The number of nitrogens with one attached hydrogen (secondary N) is 2. The summed E-state index contributed by atoms with van der Waals surface area (Å²) in [4.78, 5) is 14.6. The number of urea groups is 1. The smallest absolute Gasteiger partial charge is 0.319 e. The van der Waals surface area contributed by atoms with E-state index in [1.54, 1.807) is 0 Å². The molecule has 0 aliphatic carbocycles. The van der Waals surface area contributed by atoms with Gasteiger partial charge in [-0.2, -0.15) is 11.8 Å². The molecule has 1 aromatic rings. The van der Waals surface area contributed by atoms with Crippen molar-refractivity contribution in [3.63, 3.8) is 0 Å². The number of carbonyl (C=O) groups excluding carboxylic acids is 1. The number of benzene rings is 1. The Labute approximate surface area is 148 Å². The van der Waals surface area contributed by atoms with E-state index in [2.05, 4.69) is 28.5 Å². The van der Waals surface area contributed by atoms with Gasteiger partial charge in [-0.05, 0) is 50.5 Å². The van der Waals surface area contributed by atoms with Crippen LogP contribution in [0.4, 0.5) is 16.2 Å². The number of nitrogens with zero attached hydrogens (tertiary/aromatic N) is 1. The molecule has 0 radical (unpaired) electrons. The molecule has 0 bridgehead atoms. The average Bonchev–Trinajstić information content (AvgIpc) is 3.10. The van der Waals surface area contributed by atoms with E-state index in [0.717, 1.165) is 38.2 Å². The first kappa shape index (κ1) is 17.4. The highest BCUT2D eigenvalue weighted by atomic mass is 32.2. The highest BCUT2D eigenvalue weighted by molar-refractivity contribution is 7.99. The minimum Gasteiger partial charge on any atom is -0.376 e. The first-order valence-corrected chi connectivity index (χ1v) is 9.91. The molecule has 0 aromatic heterocycles. The van der Waals surface area contributed by atoms with Gasteiger partial charge in [-0.3, -0.25) is 0 Å². The lowest BCUT2D eigenvalue weighted by atomic mass is 10.1. The fourth-order valence-electron chi connectivity index (χ4n) is 3.36. The third-order valence-electron chi connectivity index (χ3n) is 4.69. The van der Waals surface area contributed by atoms with Crippen molar-refractivity contribution >= 4 is 29.2 Å². The van der Waals surface area contributed by atoms with Crippen molar-refractivity contribution in [2.45, 2.75) is 38.8 Å². The van der Waals surface area contributed by atoms with Crippen molar-refractivity contribution in [1.29, 1.82) is 0 Å². The zero-order valence-corrected chi connectivity index (χ0v) is 15.3. The Balaban J connectivity index is 1.56. The summed E-state index contributed by atoms with van der Waals surface area (Å²) < 4.78 is 5.62. The van der Waals surface area contributed by atoms with Crippen LogP contribution in [0.3, 0.4) is 0 Å². The molecule has 0 spiro atoms. The van der Waals surface area contributed by atoms with E-state index in [1.807, 2.05) is 30.8 Å². The summed E-state index contributed by atoms with van der Waals surface area (Å²) in [6, 6.07) is 6.01. The largest absolute Gasteiger partial charge is 0.376 e. The van der Waals surface area contributed by atoms with E-state index in [1.165, 1.54) is 22.8 Å². The molecule has 0 saturated carbocycles. The Morgan fingerprint density at radius 2 is 2.17 bits per heavy atom. The summed E-state index contributed by atoms with van der Waals surface area (Å²) in [6.07, 6.45) is 2.23. The van der Waals surface area contributed by atoms with E-state index in [9.17, 15) is 4.79 Å². The normalized spacial score (nSPS) is 22.2. The summed E-state index contributed by atoms with van der Waals surface area (Å²) in [6.45, 7) is 7.09. The lowest BCUT2D eigenvalue weighted by molar-refractivity contribution is 0.0868. The fourth-order valence-corrected chi connectivity index (χ4v) is 4.26. The number of ether oxygens (including phenoxy) is 1. The Hall–Kier alpha value is -1.40. The molecule has 6 heteroatoms. The van der Waals surface area contributed by atoms with Crippen molar-refractivity contribution in [2.24, 2.45) is 0 Å². The Kier molecular flexibility index (Phi) is 5.89. The van der Waals surface area contributed by atoms with E-state index < -0.39 is 0 Å². The molecular formula is C18H27N3O2S. The van der Waals surface area contributed by atoms with Crippen LogP contribution in [0.25, 0.3) is 0 Å². The Bertz CT molecular complexity index is 569. The predicted molar refractivity (Wildman–Crippen MR) is 101 cm³/mol. The zero-order valence-electron chi connectivity index (χ0n) is 14.5. The standard InChI is InChI=1S/C18H27N3O2S/c1-13-12-15(5-6-16(13)21-7-10-24-11-8-21)20-18(22)19-14(2)17-4-3-9-23-17/h5-6,12,14,17H,3-4,7-11H2,1-2H3,(H2,19,20,22). The van der Waals surface area contributed by atoms with Gasteiger partial charge in [0.2, 0.25) is 0 Å². The molecule has 2 saturated heterocycles. The van der Waals surface area contributed by atoms with Gasteiger partial charge < -0.3 is 20.3 Å². The number of anilines is 2. The third kappa shape index (κ3) is 4.36. The molecule has 2 unspecified atom stereocenters. The molecule has 2 fully saturated rings. The summed E-state index contributed by atoms with van der Waals surface area (Å²) in [5.74, 6) is 2.37. The van der Waals surface area contributed by atoms with Gasteiger partial charge in [0.15, 0.2) is 0 Å². The predicted octanol–water partition coefficient (Wildman–Crippen LogP) is 3.24. The van der Waals surface area contributed by atoms with Crippen LogP contribution in [-0.2, 0) is 4.74 Å². The molecule has 2 amide bonds. The minimum atomic E-state index is -0.167. The Morgan fingerprint density at radius 3 is 2.83 bits per heavy atom. The second kappa shape index (κ2) is 8.12. The van der Waals surface area contributed by atoms with Crippen molar-refractivity contribution in [3.8, 4) is 0 Å². The maximum Gasteiger partial charge on any atom is 0.319 e. The van der Waals surface area contributed by atoms with Crippen LogP contribution in [0.15, 0.2) is 18.2 Å². The van der Waals surface area contributed by atoms with Crippen LogP contribution in [0.5, 0.6) is 0 Å². The van der Waals surface area contributed by atoms with Gasteiger partial charge in [-0.25, -0.2) is 4.79 Å². The molecule has 5 nitrogen and oxygen atoms in total. The molecule has 3 rings (SSSR count). The molecule has 2 aliphatic rings. The minimum absolute atomic E-state index is 0.0266. The SMILES string of the molecule is Cc1cc(NC(=O)NC(C)C2CCCO2)ccc1N1CCSCC1. The van der Waals surface area contributed by atoms with Crippen LogP contribution in [-0.4, -0.2) is 49.4 Å². The average molecular weight is 350 g/mol. The first-order valence-electron chi connectivity index (χ1n) is 8.76. The molecule has 24 heavy (non-hydrogen) atoms. The van der Waals surface area contributed by atoms with Crippen molar-refractivity contribution < 1.29 is 9.53 Å². The van der Waals surface area contributed by atoms with Gasteiger partial charge in [-0.15, -0.1) is 0 Å². The number of carbonyl (C=O) groups is 1. The summed E-state index contributed by atoms with van der Waals surface area (Å²) in [5.41, 5.74) is 3.31. The van der Waals surface area contributed by atoms with Crippen LogP contribution in [0, 0.1) is 6.92 Å². The zero-order chi connectivity index (χ0) is 16.9. The quantitative estimate of drug-likeness (QED) is 0.876. The van der Waals surface area contributed by atoms with Crippen molar-refractivity contribution in [3.05, 3.63) is 23.8 Å². The van der Waals surface area contributed by atoms with E-state index in [4.69, 9.17) is 4.74 Å². The van der Waals surface area contributed by atoms with Crippen LogP contribution < -0.4 is 15.5 Å². The van der Waals surface area contributed by atoms with Crippen LogP contribution in [0.1, 0.15) is 25.3 Å². The van der Waals surface area contributed by atoms with Gasteiger partial charge in [0.1, 0.15) is 0 Å². The summed E-state index contributed by atoms with van der Waals surface area (Å²) >= 11 is 2.01. The van der Waals surface area contributed by atoms with E-state index in [0.29, 0.717) is 0 Å². The van der Waals surface area contributed by atoms with Crippen molar-refractivity contribution in [2.75, 3.05) is 41.4 Å². The van der Waals surface area contributed by atoms with E-state index in [-0.39, 0.29) is 18.2 Å². The molecular weight excluding hydrogens is 322 g/mol. The summed E-state index contributed by atoms with van der Waals surface area (Å²) in [5, 5.41) is 5.92. The molecule has 2 atom stereocenters. The van der Waals surface area contributed by atoms with Crippen LogP contribution >= 0.6 is 11.8 Å². The maximum absolute atomic E-state index is 12.2.